The molecule has 126 valence electrons. The number of amides is 3. The summed E-state index contributed by atoms with van der Waals surface area (Å²) >= 11 is 0. The van der Waals surface area contributed by atoms with E-state index < -0.39 is 0 Å². The van der Waals surface area contributed by atoms with Gasteiger partial charge in [-0.05, 0) is 38.5 Å². The number of hydrogen-bond donors (Lipinski definition) is 2. The van der Waals surface area contributed by atoms with Gasteiger partial charge in [0.15, 0.2) is 0 Å². The van der Waals surface area contributed by atoms with E-state index in [0.29, 0.717) is 12.5 Å². The van der Waals surface area contributed by atoms with Crippen molar-refractivity contribution in [3.63, 3.8) is 0 Å². The molecule has 2 aliphatic rings. The van der Waals surface area contributed by atoms with Gasteiger partial charge >= 0.3 is 6.03 Å². The lowest BCUT2D eigenvalue weighted by Crippen LogP contribution is -2.51. The Kier molecular flexibility index (Phi) is 7.00. The summed E-state index contributed by atoms with van der Waals surface area (Å²) < 4.78 is 0. The molecule has 1 saturated heterocycles. The van der Waals surface area contributed by atoms with Crippen LogP contribution in [0.5, 0.6) is 0 Å². The van der Waals surface area contributed by atoms with Gasteiger partial charge in [0.1, 0.15) is 0 Å². The number of urea groups is 1. The van der Waals surface area contributed by atoms with Gasteiger partial charge in [-0.1, -0.05) is 25.7 Å². The number of nitrogens with zero attached hydrogens (tertiary/aromatic N) is 1. The average molecular weight is 309 g/mol. The molecule has 0 radical (unpaired) electrons. The lowest BCUT2D eigenvalue weighted by atomic mass is 9.98. The van der Waals surface area contributed by atoms with Crippen LogP contribution >= 0.6 is 0 Å². The molecule has 0 aromatic carbocycles. The molecule has 2 rings (SSSR count). The van der Waals surface area contributed by atoms with Gasteiger partial charge in [-0.3, -0.25) is 4.79 Å². The minimum atomic E-state index is 0.0645. The van der Waals surface area contributed by atoms with Gasteiger partial charge in [-0.2, -0.15) is 0 Å². The fourth-order valence-corrected chi connectivity index (χ4v) is 3.67. The van der Waals surface area contributed by atoms with E-state index in [9.17, 15) is 9.59 Å². The Balaban J connectivity index is 1.85. The molecule has 1 unspecified atom stereocenters. The van der Waals surface area contributed by atoms with Crippen LogP contribution in [0.2, 0.25) is 0 Å². The molecule has 5 nitrogen and oxygen atoms in total. The molecule has 0 aromatic heterocycles. The van der Waals surface area contributed by atoms with E-state index in [1.807, 2.05) is 4.90 Å². The first kappa shape index (κ1) is 17.1. The number of piperidine rings is 1. The van der Waals surface area contributed by atoms with E-state index in [4.69, 9.17) is 0 Å². The molecular formula is C17H31N3O2. The van der Waals surface area contributed by atoms with Crippen LogP contribution in [0.1, 0.15) is 70.6 Å². The van der Waals surface area contributed by atoms with Crippen molar-refractivity contribution in [1.82, 2.24) is 15.5 Å². The summed E-state index contributed by atoms with van der Waals surface area (Å²) in [5, 5.41) is 5.91. The molecule has 2 N–H and O–H groups in total. The van der Waals surface area contributed by atoms with Crippen LogP contribution < -0.4 is 10.6 Å². The Bertz CT molecular complexity index is 365. The van der Waals surface area contributed by atoms with Crippen LogP contribution in [0.4, 0.5) is 4.79 Å². The van der Waals surface area contributed by atoms with Crippen LogP contribution in [-0.4, -0.2) is 42.5 Å². The fraction of sp³-hybridized carbons (Fsp3) is 0.882. The van der Waals surface area contributed by atoms with E-state index in [-0.39, 0.29) is 18.0 Å². The van der Waals surface area contributed by atoms with Crippen molar-refractivity contribution in [2.75, 3.05) is 13.6 Å². The zero-order valence-electron chi connectivity index (χ0n) is 13.9. The van der Waals surface area contributed by atoms with Crippen molar-refractivity contribution >= 4 is 11.9 Å². The number of carbonyl (C=O) groups is 2. The predicted octanol–water partition coefficient (Wildman–Crippen LogP) is 2.80. The minimum Gasteiger partial charge on any atom is -0.359 e. The highest BCUT2D eigenvalue weighted by molar-refractivity contribution is 5.76. The van der Waals surface area contributed by atoms with Crippen LogP contribution in [0.3, 0.4) is 0 Å². The topological polar surface area (TPSA) is 61.4 Å². The maximum atomic E-state index is 12.6. The first-order valence-electron chi connectivity index (χ1n) is 8.98. The molecule has 0 bridgehead atoms. The number of likely N-dealkylation sites (tertiary alicyclic amines) is 1. The summed E-state index contributed by atoms with van der Waals surface area (Å²) in [6.45, 7) is 0.830. The third-order valence-corrected chi connectivity index (χ3v) is 5.05. The highest BCUT2D eigenvalue weighted by Crippen LogP contribution is 2.22. The van der Waals surface area contributed by atoms with E-state index in [0.717, 1.165) is 45.1 Å². The highest BCUT2D eigenvalue weighted by Gasteiger charge is 2.28. The van der Waals surface area contributed by atoms with Crippen LogP contribution in [0.15, 0.2) is 0 Å². The molecular weight excluding hydrogens is 278 g/mol. The Morgan fingerprint density at radius 2 is 1.68 bits per heavy atom. The Hall–Kier alpha value is -1.26. The second-order valence-corrected chi connectivity index (χ2v) is 6.69. The monoisotopic (exact) mass is 309 g/mol. The molecule has 2 fully saturated rings. The third kappa shape index (κ3) is 5.18. The highest BCUT2D eigenvalue weighted by atomic mass is 16.2. The summed E-state index contributed by atoms with van der Waals surface area (Å²) in [6.07, 6.45) is 11.8. The normalized spacial score (nSPS) is 23.7. The second-order valence-electron chi connectivity index (χ2n) is 6.69. The van der Waals surface area contributed by atoms with E-state index >= 15 is 0 Å². The molecule has 0 aromatic rings. The molecule has 1 heterocycles. The van der Waals surface area contributed by atoms with Crippen LogP contribution in [0, 0.1) is 0 Å². The van der Waals surface area contributed by atoms with E-state index in [1.54, 1.807) is 7.05 Å². The quantitative estimate of drug-likeness (QED) is 0.784. The van der Waals surface area contributed by atoms with Gasteiger partial charge in [0, 0.05) is 32.1 Å². The zero-order chi connectivity index (χ0) is 15.8. The summed E-state index contributed by atoms with van der Waals surface area (Å²) in [6, 6.07) is 0.654. The molecule has 1 atom stereocenters. The molecule has 1 aliphatic heterocycles. The van der Waals surface area contributed by atoms with Crippen LogP contribution in [-0.2, 0) is 4.79 Å². The van der Waals surface area contributed by atoms with Gasteiger partial charge in [-0.15, -0.1) is 0 Å². The Labute approximate surface area is 134 Å². The number of carbonyl (C=O) groups excluding carboxylic acids is 2. The van der Waals surface area contributed by atoms with E-state index in [1.165, 1.54) is 25.7 Å². The van der Waals surface area contributed by atoms with Gasteiger partial charge < -0.3 is 15.5 Å². The zero-order valence-corrected chi connectivity index (χ0v) is 13.9. The Morgan fingerprint density at radius 3 is 2.36 bits per heavy atom. The van der Waals surface area contributed by atoms with Crippen molar-refractivity contribution in [2.24, 2.45) is 0 Å². The largest absolute Gasteiger partial charge is 0.359 e. The maximum Gasteiger partial charge on any atom is 0.317 e. The smallest absolute Gasteiger partial charge is 0.317 e. The standard InChI is InChI=1S/C17H31N3O2/c1-18-16(21)12-11-15-10-6-7-13-20(15)17(22)19-14-8-4-2-3-5-9-14/h14-15H,2-13H2,1H3,(H,18,21)(H,19,22). The fourth-order valence-electron chi connectivity index (χ4n) is 3.67. The molecule has 1 aliphatic carbocycles. The van der Waals surface area contributed by atoms with Crippen molar-refractivity contribution in [2.45, 2.75) is 82.7 Å². The first-order chi connectivity index (χ1) is 10.7. The molecule has 5 heteroatoms. The number of hydrogen-bond acceptors (Lipinski definition) is 2. The molecule has 1 saturated carbocycles. The van der Waals surface area contributed by atoms with Crippen molar-refractivity contribution < 1.29 is 9.59 Å². The number of nitrogens with one attached hydrogen (secondary N) is 2. The van der Waals surface area contributed by atoms with Crippen molar-refractivity contribution in [3.05, 3.63) is 0 Å². The van der Waals surface area contributed by atoms with Gasteiger partial charge in [0.25, 0.3) is 0 Å². The van der Waals surface area contributed by atoms with E-state index in [2.05, 4.69) is 10.6 Å². The minimum absolute atomic E-state index is 0.0645. The van der Waals surface area contributed by atoms with Crippen molar-refractivity contribution in [3.8, 4) is 0 Å². The van der Waals surface area contributed by atoms with Crippen LogP contribution in [0.25, 0.3) is 0 Å². The molecule has 3 amide bonds. The summed E-state index contributed by atoms with van der Waals surface area (Å²) in [7, 11) is 1.67. The third-order valence-electron chi connectivity index (χ3n) is 5.05. The second kappa shape index (κ2) is 9.01. The summed E-state index contributed by atoms with van der Waals surface area (Å²) in [4.78, 5) is 26.1. The maximum absolute atomic E-state index is 12.6. The molecule has 0 spiro atoms. The Morgan fingerprint density at radius 1 is 1.00 bits per heavy atom. The van der Waals surface area contributed by atoms with Gasteiger partial charge in [-0.25, -0.2) is 4.79 Å². The summed E-state index contributed by atoms with van der Waals surface area (Å²) in [5.74, 6) is 0.0645. The van der Waals surface area contributed by atoms with Gasteiger partial charge in [0.2, 0.25) is 5.91 Å². The van der Waals surface area contributed by atoms with Crippen molar-refractivity contribution in [1.29, 1.82) is 0 Å². The SMILES string of the molecule is CNC(=O)CCC1CCCCN1C(=O)NC1CCCCCC1. The first-order valence-corrected chi connectivity index (χ1v) is 8.98. The average Bonchev–Trinajstić information content (AvgIpc) is 2.81. The molecule has 22 heavy (non-hydrogen) atoms. The predicted molar refractivity (Wildman–Crippen MR) is 87.7 cm³/mol. The lowest BCUT2D eigenvalue weighted by molar-refractivity contribution is -0.121. The summed E-state index contributed by atoms with van der Waals surface area (Å²) in [5.41, 5.74) is 0. The van der Waals surface area contributed by atoms with Gasteiger partial charge in [0.05, 0.1) is 0 Å². The number of rotatable bonds is 4. The lowest BCUT2D eigenvalue weighted by Gasteiger charge is -2.36.